The van der Waals surface area contributed by atoms with Crippen LogP contribution in [0.2, 0.25) is 0 Å². The van der Waals surface area contributed by atoms with Gasteiger partial charge in [0.2, 0.25) is 11.8 Å². The van der Waals surface area contributed by atoms with Gasteiger partial charge in [0.25, 0.3) is 0 Å². The van der Waals surface area contributed by atoms with Crippen molar-refractivity contribution >= 4 is 41.1 Å². The fourth-order valence-electron chi connectivity index (χ4n) is 5.92. The molecule has 6 heterocycles. The Morgan fingerprint density at radius 1 is 1.07 bits per heavy atom. The number of anilines is 1. The highest BCUT2D eigenvalue weighted by atomic mass is 32.1. The van der Waals surface area contributed by atoms with Crippen LogP contribution < -0.4 is 5.32 Å². The summed E-state index contributed by atoms with van der Waals surface area (Å²) in [5, 5.41) is 6.10. The normalized spacial score (nSPS) is 20.9. The van der Waals surface area contributed by atoms with E-state index in [9.17, 15) is 14.4 Å². The molecule has 210 valence electrons. The first-order valence-electron chi connectivity index (χ1n) is 13.9. The molecule has 0 unspecified atom stereocenters. The summed E-state index contributed by atoms with van der Waals surface area (Å²) in [5.74, 6) is 0.543. The minimum Gasteiger partial charge on any atom is -0.378 e. The first-order valence-corrected chi connectivity index (χ1v) is 14.8. The van der Waals surface area contributed by atoms with Crippen LogP contribution in [-0.2, 0) is 27.2 Å². The molecule has 0 atom stereocenters. The number of morpholine rings is 1. The van der Waals surface area contributed by atoms with Gasteiger partial charge in [-0.25, -0.2) is 14.8 Å². The van der Waals surface area contributed by atoms with Gasteiger partial charge in [-0.05, 0) is 49.0 Å². The van der Waals surface area contributed by atoms with Crippen molar-refractivity contribution in [3.8, 4) is 0 Å². The lowest BCUT2D eigenvalue weighted by Gasteiger charge is -2.44. The van der Waals surface area contributed by atoms with Crippen molar-refractivity contribution in [2.75, 3.05) is 57.8 Å². The SMILES string of the molecule is O=C(/C=C/c1cnc2c(c1)CC1(CCN(C(=O)N3CCOCC3)CC1)C(=O)N2)N1CC=C(Cc2nccs2)CC1. The van der Waals surface area contributed by atoms with Gasteiger partial charge in [0.1, 0.15) is 5.82 Å². The number of nitrogens with one attached hydrogen (secondary N) is 1. The molecule has 2 saturated heterocycles. The molecule has 0 bridgehead atoms. The van der Waals surface area contributed by atoms with E-state index in [0.29, 0.717) is 77.6 Å². The zero-order chi connectivity index (χ0) is 27.5. The second-order valence-electron chi connectivity index (χ2n) is 10.9. The molecule has 11 heteroatoms. The van der Waals surface area contributed by atoms with Crippen LogP contribution >= 0.6 is 11.3 Å². The fourth-order valence-corrected chi connectivity index (χ4v) is 6.59. The number of hydrogen-bond donors (Lipinski definition) is 1. The molecule has 0 saturated carbocycles. The Kier molecular flexibility index (Phi) is 7.66. The van der Waals surface area contributed by atoms with Gasteiger partial charge in [-0.3, -0.25) is 9.59 Å². The van der Waals surface area contributed by atoms with Crippen molar-refractivity contribution in [3.63, 3.8) is 0 Å². The lowest BCUT2D eigenvalue weighted by atomic mass is 9.71. The quantitative estimate of drug-likeness (QED) is 0.454. The second-order valence-corrected chi connectivity index (χ2v) is 11.9. The van der Waals surface area contributed by atoms with Crippen LogP contribution in [0.5, 0.6) is 0 Å². The molecule has 0 aromatic carbocycles. The van der Waals surface area contributed by atoms with Gasteiger partial charge >= 0.3 is 6.03 Å². The molecule has 2 fully saturated rings. The topological polar surface area (TPSA) is 108 Å². The Balaban J connectivity index is 1.06. The van der Waals surface area contributed by atoms with Crippen LogP contribution in [-0.4, -0.2) is 95.0 Å². The molecule has 0 radical (unpaired) electrons. The average Bonchev–Trinajstić information content (AvgIpc) is 3.50. The smallest absolute Gasteiger partial charge is 0.320 e. The molecule has 2 aromatic rings. The van der Waals surface area contributed by atoms with Crippen LogP contribution in [0.15, 0.2) is 41.6 Å². The molecule has 40 heavy (non-hydrogen) atoms. The summed E-state index contributed by atoms with van der Waals surface area (Å²) in [7, 11) is 0. The van der Waals surface area contributed by atoms with Crippen molar-refractivity contribution in [2.45, 2.75) is 32.1 Å². The molecule has 0 aliphatic carbocycles. The van der Waals surface area contributed by atoms with Gasteiger partial charge < -0.3 is 24.8 Å². The Hall–Kier alpha value is -3.57. The number of ether oxygens (including phenoxy) is 1. The number of nitrogens with zero attached hydrogens (tertiary/aromatic N) is 5. The van der Waals surface area contributed by atoms with Crippen molar-refractivity contribution in [3.05, 3.63) is 57.7 Å². The lowest BCUT2D eigenvalue weighted by molar-refractivity contribution is -0.128. The minimum absolute atomic E-state index is 0.0168. The number of rotatable bonds is 4. The van der Waals surface area contributed by atoms with Crippen LogP contribution in [0.4, 0.5) is 10.6 Å². The van der Waals surface area contributed by atoms with Crippen molar-refractivity contribution in [1.82, 2.24) is 24.7 Å². The van der Waals surface area contributed by atoms with Crippen LogP contribution in [0.1, 0.15) is 35.4 Å². The Morgan fingerprint density at radius 3 is 2.60 bits per heavy atom. The Bertz CT molecular complexity index is 1330. The largest absolute Gasteiger partial charge is 0.378 e. The van der Waals surface area contributed by atoms with Gasteiger partial charge in [0.05, 0.1) is 23.6 Å². The van der Waals surface area contributed by atoms with Gasteiger partial charge in [-0.15, -0.1) is 11.3 Å². The summed E-state index contributed by atoms with van der Waals surface area (Å²) in [4.78, 5) is 53.3. The predicted molar refractivity (Wildman–Crippen MR) is 152 cm³/mol. The first-order chi connectivity index (χ1) is 19.5. The van der Waals surface area contributed by atoms with E-state index in [0.717, 1.165) is 29.0 Å². The second kappa shape index (κ2) is 11.5. The van der Waals surface area contributed by atoms with E-state index < -0.39 is 5.41 Å². The molecular formula is C29H34N6O4S. The summed E-state index contributed by atoms with van der Waals surface area (Å²) < 4.78 is 5.36. The molecule has 4 aliphatic rings. The number of piperidine rings is 1. The van der Waals surface area contributed by atoms with Gasteiger partial charge in [0.15, 0.2) is 0 Å². The highest BCUT2D eigenvalue weighted by Crippen LogP contribution is 2.41. The van der Waals surface area contributed by atoms with Crippen LogP contribution in [0, 0.1) is 5.41 Å². The number of hydrogen-bond acceptors (Lipinski definition) is 7. The standard InChI is InChI=1S/C29H34N6O4S/c36-25(33-8-3-21(4-9-33)18-24-30-7-16-40-24)2-1-22-17-23-19-29(27(37)32-26(23)31-20-22)5-10-34(11-6-29)28(38)35-12-14-39-15-13-35/h1-3,7,16-17,20H,4-6,8-15,18-19H2,(H,31,32,37)/b2-1+. The van der Waals surface area contributed by atoms with Crippen molar-refractivity contribution in [1.29, 1.82) is 0 Å². The molecule has 6 rings (SSSR count). The van der Waals surface area contributed by atoms with E-state index in [-0.39, 0.29) is 17.8 Å². The average molecular weight is 563 g/mol. The molecule has 4 amide bonds. The zero-order valence-corrected chi connectivity index (χ0v) is 23.3. The van der Waals surface area contributed by atoms with Crippen LogP contribution in [0.25, 0.3) is 6.08 Å². The van der Waals surface area contributed by atoms with Gasteiger partial charge in [-0.2, -0.15) is 0 Å². The van der Waals surface area contributed by atoms with E-state index in [1.54, 1.807) is 29.7 Å². The highest BCUT2D eigenvalue weighted by molar-refractivity contribution is 7.09. The van der Waals surface area contributed by atoms with E-state index in [2.05, 4.69) is 21.4 Å². The van der Waals surface area contributed by atoms with Gasteiger partial charge in [0, 0.05) is 69.5 Å². The molecule has 4 aliphatic heterocycles. The molecule has 10 nitrogen and oxygen atoms in total. The molecule has 1 spiro atoms. The predicted octanol–water partition coefficient (Wildman–Crippen LogP) is 2.98. The molecular weight excluding hydrogens is 528 g/mol. The third-order valence-corrected chi connectivity index (χ3v) is 9.18. The number of pyridine rings is 1. The monoisotopic (exact) mass is 562 g/mol. The summed E-state index contributed by atoms with van der Waals surface area (Å²) in [5.41, 5.74) is 2.57. The Morgan fingerprint density at radius 2 is 1.88 bits per heavy atom. The number of amides is 4. The number of urea groups is 1. The van der Waals surface area contributed by atoms with Crippen LogP contribution in [0.3, 0.4) is 0 Å². The fraction of sp³-hybridized carbons (Fsp3) is 0.483. The third-order valence-electron chi connectivity index (χ3n) is 8.40. The minimum atomic E-state index is -0.550. The zero-order valence-electron chi connectivity index (χ0n) is 22.5. The van der Waals surface area contributed by atoms with E-state index in [1.807, 2.05) is 32.3 Å². The number of aromatic nitrogens is 2. The number of fused-ring (bicyclic) bond motifs is 1. The van der Waals surface area contributed by atoms with Gasteiger partial charge in [-0.1, -0.05) is 11.6 Å². The number of carbonyl (C=O) groups excluding carboxylic acids is 3. The molecule has 1 N–H and O–H groups in total. The summed E-state index contributed by atoms with van der Waals surface area (Å²) in [6, 6.07) is 2.05. The first kappa shape index (κ1) is 26.6. The van der Waals surface area contributed by atoms with E-state index >= 15 is 0 Å². The summed E-state index contributed by atoms with van der Waals surface area (Å²) in [6.07, 6.45) is 12.6. The summed E-state index contributed by atoms with van der Waals surface area (Å²) in [6.45, 7) is 4.77. The Labute approximate surface area is 237 Å². The number of likely N-dealkylation sites (tertiary alicyclic amines) is 1. The van der Waals surface area contributed by atoms with Crippen molar-refractivity contribution < 1.29 is 19.1 Å². The summed E-state index contributed by atoms with van der Waals surface area (Å²) >= 11 is 1.66. The highest BCUT2D eigenvalue weighted by Gasteiger charge is 2.46. The number of thiazole rings is 1. The lowest BCUT2D eigenvalue weighted by Crippen LogP contribution is -2.55. The maximum absolute atomic E-state index is 13.1. The van der Waals surface area contributed by atoms with E-state index in [1.165, 1.54) is 5.57 Å². The maximum Gasteiger partial charge on any atom is 0.320 e. The van der Waals surface area contributed by atoms with Crippen molar-refractivity contribution in [2.24, 2.45) is 5.41 Å². The molecule has 2 aromatic heterocycles. The number of carbonyl (C=O) groups is 3. The third kappa shape index (κ3) is 5.66. The maximum atomic E-state index is 13.1. The van der Waals surface area contributed by atoms with E-state index in [4.69, 9.17) is 4.74 Å².